The zero-order valence-corrected chi connectivity index (χ0v) is 10.6. The number of hydrogen-bond acceptors (Lipinski definition) is 1. The lowest BCUT2D eigenvalue weighted by molar-refractivity contribution is 0.815. The lowest BCUT2D eigenvalue weighted by Gasteiger charge is -2.33. The molecule has 0 bridgehead atoms. The van der Waals surface area contributed by atoms with Gasteiger partial charge in [-0.25, -0.2) is 0 Å². The van der Waals surface area contributed by atoms with E-state index < -0.39 is 0 Å². The van der Waals surface area contributed by atoms with E-state index in [9.17, 15) is 0 Å². The van der Waals surface area contributed by atoms with E-state index in [-0.39, 0.29) is 0 Å². The van der Waals surface area contributed by atoms with Crippen molar-refractivity contribution in [2.45, 2.75) is 20.3 Å². The van der Waals surface area contributed by atoms with Gasteiger partial charge >= 0.3 is 0 Å². The Morgan fingerprint density at radius 1 is 1.41 bits per heavy atom. The molecule has 0 saturated heterocycles. The average Bonchev–Trinajstić information content (AvgIpc) is 2.38. The standard InChI is InChI=1S/C16H19N/c1-5-13-8-7-9-14(10-13)17-16-12(4)11(3)15(16)6-2/h6-10,15,17H,2-3,5H2,1,4H3. The van der Waals surface area contributed by atoms with Crippen LogP contribution in [0.2, 0.25) is 0 Å². The van der Waals surface area contributed by atoms with Crippen LogP contribution in [-0.2, 0) is 6.42 Å². The van der Waals surface area contributed by atoms with Gasteiger partial charge in [-0.15, -0.1) is 6.58 Å². The topological polar surface area (TPSA) is 12.0 Å². The van der Waals surface area contributed by atoms with E-state index >= 15 is 0 Å². The predicted molar refractivity (Wildman–Crippen MR) is 75.0 cm³/mol. The van der Waals surface area contributed by atoms with Crippen LogP contribution in [0.3, 0.4) is 0 Å². The Balaban J connectivity index is 2.21. The van der Waals surface area contributed by atoms with Crippen LogP contribution in [0.25, 0.3) is 0 Å². The highest BCUT2D eigenvalue weighted by molar-refractivity contribution is 5.61. The molecule has 1 aromatic rings. The van der Waals surface area contributed by atoms with Crippen molar-refractivity contribution in [1.29, 1.82) is 0 Å². The predicted octanol–water partition coefficient (Wildman–Crippen LogP) is 4.31. The number of nitrogens with one attached hydrogen (secondary N) is 1. The normalized spacial score (nSPS) is 18.9. The van der Waals surface area contributed by atoms with Crippen LogP contribution in [0.4, 0.5) is 5.69 Å². The van der Waals surface area contributed by atoms with Crippen molar-refractivity contribution >= 4 is 5.69 Å². The fraction of sp³-hybridized carbons (Fsp3) is 0.250. The molecule has 17 heavy (non-hydrogen) atoms. The van der Waals surface area contributed by atoms with Crippen LogP contribution in [0.5, 0.6) is 0 Å². The van der Waals surface area contributed by atoms with Gasteiger partial charge in [0.05, 0.1) is 0 Å². The van der Waals surface area contributed by atoms with E-state index in [2.05, 4.69) is 56.6 Å². The van der Waals surface area contributed by atoms with Gasteiger partial charge in [-0.2, -0.15) is 0 Å². The van der Waals surface area contributed by atoms with Gasteiger partial charge in [-0.1, -0.05) is 31.7 Å². The summed E-state index contributed by atoms with van der Waals surface area (Å²) < 4.78 is 0. The number of rotatable bonds is 4. The minimum absolute atomic E-state index is 0.292. The molecule has 0 aliphatic heterocycles. The van der Waals surface area contributed by atoms with Crippen molar-refractivity contribution < 1.29 is 0 Å². The van der Waals surface area contributed by atoms with Crippen molar-refractivity contribution in [2.24, 2.45) is 5.92 Å². The van der Waals surface area contributed by atoms with E-state index in [1.54, 1.807) is 0 Å². The molecule has 0 heterocycles. The first-order valence-corrected chi connectivity index (χ1v) is 6.05. The molecule has 0 saturated carbocycles. The first-order valence-electron chi connectivity index (χ1n) is 6.05. The SMILES string of the molecule is C=CC1C(=C)C(C)=C1Nc1cccc(CC)c1. The molecule has 1 nitrogen and oxygen atoms in total. The second-order valence-corrected chi connectivity index (χ2v) is 4.46. The monoisotopic (exact) mass is 225 g/mol. The van der Waals surface area contributed by atoms with Gasteiger partial charge in [0, 0.05) is 17.3 Å². The maximum Gasteiger partial charge on any atom is 0.0418 e. The summed E-state index contributed by atoms with van der Waals surface area (Å²) in [6.07, 6.45) is 3.01. The van der Waals surface area contributed by atoms with Crippen molar-refractivity contribution in [3.63, 3.8) is 0 Å². The fourth-order valence-electron chi connectivity index (χ4n) is 2.19. The fourth-order valence-corrected chi connectivity index (χ4v) is 2.19. The zero-order valence-electron chi connectivity index (χ0n) is 10.6. The third-order valence-corrected chi connectivity index (χ3v) is 3.42. The minimum Gasteiger partial charge on any atom is -0.358 e. The number of hydrogen-bond donors (Lipinski definition) is 1. The summed E-state index contributed by atoms with van der Waals surface area (Å²) in [4.78, 5) is 0. The van der Waals surface area contributed by atoms with Crippen LogP contribution in [0.15, 0.2) is 60.3 Å². The van der Waals surface area contributed by atoms with E-state index in [1.807, 2.05) is 6.08 Å². The second kappa shape index (κ2) is 4.62. The van der Waals surface area contributed by atoms with Gasteiger partial charge in [0.25, 0.3) is 0 Å². The summed E-state index contributed by atoms with van der Waals surface area (Å²) in [6.45, 7) is 12.2. The molecule has 1 heteroatoms. The van der Waals surface area contributed by atoms with E-state index in [0.717, 1.165) is 12.1 Å². The Labute approximate surface area is 104 Å². The Bertz CT molecular complexity index is 494. The summed E-state index contributed by atoms with van der Waals surface area (Å²) in [5, 5.41) is 3.48. The van der Waals surface area contributed by atoms with Gasteiger partial charge in [0.15, 0.2) is 0 Å². The molecule has 1 aliphatic rings. The van der Waals surface area contributed by atoms with Crippen LogP contribution in [0.1, 0.15) is 19.4 Å². The molecular formula is C16H19N. The molecular weight excluding hydrogens is 206 g/mol. The van der Waals surface area contributed by atoms with Crippen LogP contribution >= 0.6 is 0 Å². The lowest BCUT2D eigenvalue weighted by Crippen LogP contribution is -2.24. The van der Waals surface area contributed by atoms with Gasteiger partial charge in [0.1, 0.15) is 0 Å². The van der Waals surface area contributed by atoms with Crippen LogP contribution in [0, 0.1) is 5.92 Å². The van der Waals surface area contributed by atoms with Crippen LogP contribution in [-0.4, -0.2) is 0 Å². The quantitative estimate of drug-likeness (QED) is 0.753. The van der Waals surface area contributed by atoms with E-state index in [1.165, 1.54) is 22.4 Å². The first-order chi connectivity index (χ1) is 8.17. The summed E-state index contributed by atoms with van der Waals surface area (Å²) in [6, 6.07) is 8.53. The molecule has 0 amide bonds. The molecule has 0 spiro atoms. The minimum atomic E-state index is 0.292. The van der Waals surface area contributed by atoms with Crippen molar-refractivity contribution in [2.75, 3.05) is 5.32 Å². The third kappa shape index (κ3) is 2.05. The van der Waals surface area contributed by atoms with Crippen LogP contribution < -0.4 is 5.32 Å². The highest BCUT2D eigenvalue weighted by atomic mass is 14.9. The number of anilines is 1. The van der Waals surface area contributed by atoms with Crippen molar-refractivity contribution in [1.82, 2.24) is 0 Å². The van der Waals surface area contributed by atoms with Crippen molar-refractivity contribution in [3.8, 4) is 0 Å². The first kappa shape index (κ1) is 11.7. The Hall–Kier alpha value is -1.76. The van der Waals surface area contributed by atoms with Crippen molar-refractivity contribution in [3.05, 3.63) is 65.9 Å². The molecule has 1 aromatic carbocycles. The molecule has 1 unspecified atom stereocenters. The molecule has 2 rings (SSSR count). The highest BCUT2D eigenvalue weighted by Gasteiger charge is 2.28. The third-order valence-electron chi connectivity index (χ3n) is 3.42. The van der Waals surface area contributed by atoms with E-state index in [4.69, 9.17) is 0 Å². The molecule has 1 aliphatic carbocycles. The number of benzene rings is 1. The average molecular weight is 225 g/mol. The number of aryl methyl sites for hydroxylation is 1. The highest BCUT2D eigenvalue weighted by Crippen LogP contribution is 2.39. The van der Waals surface area contributed by atoms with Gasteiger partial charge in [-0.3, -0.25) is 0 Å². The Kier molecular flexibility index (Phi) is 3.19. The second-order valence-electron chi connectivity index (χ2n) is 4.46. The smallest absolute Gasteiger partial charge is 0.0418 e. The van der Waals surface area contributed by atoms with Gasteiger partial charge in [-0.05, 0) is 42.2 Å². The Morgan fingerprint density at radius 3 is 2.82 bits per heavy atom. The molecule has 88 valence electrons. The van der Waals surface area contributed by atoms with E-state index in [0.29, 0.717) is 5.92 Å². The summed E-state index contributed by atoms with van der Waals surface area (Å²) >= 11 is 0. The molecule has 0 fully saturated rings. The van der Waals surface area contributed by atoms with Gasteiger partial charge < -0.3 is 5.32 Å². The maximum atomic E-state index is 4.05. The summed E-state index contributed by atoms with van der Waals surface area (Å²) in [5.41, 5.74) is 6.17. The Morgan fingerprint density at radius 2 is 2.18 bits per heavy atom. The maximum absolute atomic E-state index is 4.05. The summed E-state index contributed by atoms with van der Waals surface area (Å²) in [7, 11) is 0. The largest absolute Gasteiger partial charge is 0.358 e. The van der Waals surface area contributed by atoms with Gasteiger partial charge in [0.2, 0.25) is 0 Å². The lowest BCUT2D eigenvalue weighted by atomic mass is 9.78. The molecule has 0 aromatic heterocycles. The molecule has 0 radical (unpaired) electrons. The number of allylic oxidation sites excluding steroid dienone is 2. The molecule has 1 N–H and O–H groups in total. The zero-order chi connectivity index (χ0) is 12.4. The summed E-state index contributed by atoms with van der Waals surface area (Å²) in [5.74, 6) is 0.292. The molecule has 1 atom stereocenters.